The van der Waals surface area contributed by atoms with E-state index in [0.29, 0.717) is 29.7 Å². The molecule has 1 aliphatic carbocycles. The van der Waals surface area contributed by atoms with Crippen LogP contribution in [-0.4, -0.2) is 34.4 Å². The Morgan fingerprint density at radius 1 is 1.20 bits per heavy atom. The Kier molecular flexibility index (Phi) is 6.02. The zero-order valence-corrected chi connectivity index (χ0v) is 18.9. The van der Waals surface area contributed by atoms with Crippen LogP contribution in [0.1, 0.15) is 55.7 Å². The summed E-state index contributed by atoms with van der Waals surface area (Å²) in [5.74, 6) is 0.202. The highest BCUT2D eigenvalue weighted by Gasteiger charge is 2.45. The number of amides is 3. The molecule has 0 saturated heterocycles. The van der Waals surface area contributed by atoms with Crippen LogP contribution in [0.3, 0.4) is 0 Å². The first-order valence-electron chi connectivity index (χ1n) is 10.5. The molecule has 160 valence electrons. The Morgan fingerprint density at radius 3 is 2.57 bits per heavy atom. The van der Waals surface area contributed by atoms with E-state index < -0.39 is 5.41 Å². The Bertz CT molecular complexity index is 935. The first kappa shape index (κ1) is 21.1. The van der Waals surface area contributed by atoms with Gasteiger partial charge in [0, 0.05) is 28.9 Å². The predicted molar refractivity (Wildman–Crippen MR) is 120 cm³/mol. The number of carbonyl (C=O) groups is 2. The van der Waals surface area contributed by atoms with E-state index in [2.05, 4.69) is 15.6 Å². The number of halogens is 1. The highest BCUT2D eigenvalue weighted by molar-refractivity contribution is 7.15. The minimum Gasteiger partial charge on any atom is -0.336 e. The molecule has 1 aromatic heterocycles. The van der Waals surface area contributed by atoms with Crippen molar-refractivity contribution in [3.05, 3.63) is 45.4 Å². The molecule has 8 heteroatoms. The second-order valence-electron chi connectivity index (χ2n) is 8.41. The third-order valence-electron chi connectivity index (χ3n) is 5.92. The van der Waals surface area contributed by atoms with E-state index in [1.165, 1.54) is 11.3 Å². The molecule has 1 aliphatic heterocycles. The number of anilines is 1. The summed E-state index contributed by atoms with van der Waals surface area (Å²) in [5, 5.41) is 6.89. The molecule has 2 N–H and O–H groups in total. The molecule has 1 saturated carbocycles. The number of hydrogen-bond acceptors (Lipinski definition) is 4. The lowest BCUT2D eigenvalue weighted by Crippen LogP contribution is -2.47. The monoisotopic (exact) mass is 446 g/mol. The van der Waals surface area contributed by atoms with Gasteiger partial charge in [-0.1, -0.05) is 47.9 Å². The van der Waals surface area contributed by atoms with E-state index >= 15 is 0 Å². The van der Waals surface area contributed by atoms with Crippen LogP contribution in [0.15, 0.2) is 24.3 Å². The lowest BCUT2D eigenvalue weighted by Gasteiger charge is -2.36. The molecule has 1 aromatic carbocycles. The van der Waals surface area contributed by atoms with Gasteiger partial charge in [-0.05, 0) is 44.4 Å². The molecule has 0 unspecified atom stereocenters. The SMILES string of the molecule is CC(C)NC(=O)Nc1nc2c(s1)CN(C(=O)C1(c3ccc(Cl)cc3)CCCC1)CC2. The number of thiazole rings is 1. The predicted octanol–water partition coefficient (Wildman–Crippen LogP) is 4.72. The van der Waals surface area contributed by atoms with Gasteiger partial charge >= 0.3 is 6.03 Å². The molecule has 2 heterocycles. The van der Waals surface area contributed by atoms with Crippen molar-refractivity contribution >= 4 is 40.0 Å². The maximum absolute atomic E-state index is 13.7. The Balaban J connectivity index is 1.51. The number of aromatic nitrogens is 1. The van der Waals surface area contributed by atoms with Gasteiger partial charge < -0.3 is 10.2 Å². The number of fused-ring (bicyclic) bond motifs is 1. The molecular weight excluding hydrogens is 420 g/mol. The summed E-state index contributed by atoms with van der Waals surface area (Å²) in [6.45, 7) is 5.03. The fraction of sp³-hybridized carbons (Fsp3) is 0.500. The minimum atomic E-state index is -0.453. The van der Waals surface area contributed by atoms with Crippen molar-refractivity contribution < 1.29 is 9.59 Å². The smallest absolute Gasteiger partial charge is 0.321 e. The second-order valence-corrected chi connectivity index (χ2v) is 9.93. The highest BCUT2D eigenvalue weighted by Crippen LogP contribution is 2.44. The van der Waals surface area contributed by atoms with E-state index in [-0.39, 0.29) is 18.0 Å². The fourth-order valence-electron chi connectivity index (χ4n) is 4.49. The standard InChI is InChI=1S/C22H27ClN4O2S/c1-14(2)24-20(29)26-21-25-17-9-12-27(13-18(17)30-21)19(28)22(10-3-4-11-22)15-5-7-16(23)8-6-15/h5-8,14H,3-4,9-13H2,1-2H3,(H2,24,25,26,29). The summed E-state index contributed by atoms with van der Waals surface area (Å²) >= 11 is 7.54. The van der Waals surface area contributed by atoms with Crippen LogP contribution >= 0.6 is 22.9 Å². The van der Waals surface area contributed by atoms with Crippen LogP contribution in [0, 0.1) is 0 Å². The number of nitrogens with one attached hydrogen (secondary N) is 2. The van der Waals surface area contributed by atoms with Gasteiger partial charge in [0.25, 0.3) is 0 Å². The maximum atomic E-state index is 13.7. The van der Waals surface area contributed by atoms with Gasteiger partial charge in [0.15, 0.2) is 5.13 Å². The van der Waals surface area contributed by atoms with Crippen molar-refractivity contribution in [2.45, 2.75) is 64.0 Å². The summed E-state index contributed by atoms with van der Waals surface area (Å²) in [6.07, 6.45) is 4.59. The molecule has 1 fully saturated rings. The first-order valence-corrected chi connectivity index (χ1v) is 11.7. The quantitative estimate of drug-likeness (QED) is 0.713. The molecular formula is C22H27ClN4O2S. The van der Waals surface area contributed by atoms with Gasteiger partial charge in [-0.2, -0.15) is 0 Å². The van der Waals surface area contributed by atoms with Crippen LogP contribution in [-0.2, 0) is 23.2 Å². The van der Waals surface area contributed by atoms with Gasteiger partial charge in [0.2, 0.25) is 5.91 Å². The molecule has 6 nitrogen and oxygen atoms in total. The van der Waals surface area contributed by atoms with Gasteiger partial charge in [0.05, 0.1) is 17.7 Å². The number of rotatable bonds is 4. The van der Waals surface area contributed by atoms with E-state index in [0.717, 1.165) is 41.8 Å². The lowest BCUT2D eigenvalue weighted by molar-refractivity contribution is -0.138. The van der Waals surface area contributed by atoms with Crippen molar-refractivity contribution in [1.82, 2.24) is 15.2 Å². The summed E-state index contributed by atoms with van der Waals surface area (Å²) in [7, 11) is 0. The summed E-state index contributed by atoms with van der Waals surface area (Å²) in [4.78, 5) is 33.3. The Hall–Kier alpha value is -2.12. The summed E-state index contributed by atoms with van der Waals surface area (Å²) in [6, 6.07) is 7.57. The summed E-state index contributed by atoms with van der Waals surface area (Å²) in [5.41, 5.74) is 1.60. The molecule has 2 aliphatic rings. The van der Waals surface area contributed by atoms with Crippen LogP contribution in [0.4, 0.5) is 9.93 Å². The zero-order valence-electron chi connectivity index (χ0n) is 17.3. The first-order chi connectivity index (χ1) is 14.4. The fourth-order valence-corrected chi connectivity index (χ4v) is 5.64. The number of benzene rings is 1. The third-order valence-corrected chi connectivity index (χ3v) is 7.17. The van der Waals surface area contributed by atoms with Crippen LogP contribution in [0.25, 0.3) is 0 Å². The molecule has 4 rings (SSSR count). The Morgan fingerprint density at radius 2 is 1.90 bits per heavy atom. The molecule has 0 atom stereocenters. The molecule has 0 spiro atoms. The second kappa shape index (κ2) is 8.55. The van der Waals surface area contributed by atoms with Gasteiger partial charge in [-0.15, -0.1) is 0 Å². The lowest BCUT2D eigenvalue weighted by atomic mass is 9.77. The largest absolute Gasteiger partial charge is 0.336 e. The van der Waals surface area contributed by atoms with Crippen molar-refractivity contribution in [2.24, 2.45) is 0 Å². The summed E-state index contributed by atoms with van der Waals surface area (Å²) < 4.78 is 0. The average Bonchev–Trinajstić information content (AvgIpc) is 3.34. The van der Waals surface area contributed by atoms with Crippen molar-refractivity contribution in [2.75, 3.05) is 11.9 Å². The van der Waals surface area contributed by atoms with Crippen LogP contribution < -0.4 is 10.6 Å². The topological polar surface area (TPSA) is 74.3 Å². The van der Waals surface area contributed by atoms with E-state index in [1.54, 1.807) is 0 Å². The molecule has 0 bridgehead atoms. The zero-order chi connectivity index (χ0) is 21.3. The molecule has 0 radical (unpaired) electrons. The maximum Gasteiger partial charge on any atom is 0.321 e. The van der Waals surface area contributed by atoms with Crippen molar-refractivity contribution in [3.63, 3.8) is 0 Å². The van der Waals surface area contributed by atoms with Gasteiger partial charge in [0.1, 0.15) is 0 Å². The average molecular weight is 447 g/mol. The number of urea groups is 1. The van der Waals surface area contributed by atoms with E-state index in [4.69, 9.17) is 11.6 Å². The van der Waals surface area contributed by atoms with Gasteiger partial charge in [-0.3, -0.25) is 10.1 Å². The number of carbonyl (C=O) groups excluding carboxylic acids is 2. The molecule has 2 aromatic rings. The van der Waals surface area contributed by atoms with Crippen LogP contribution in [0.2, 0.25) is 5.02 Å². The number of hydrogen-bond donors (Lipinski definition) is 2. The normalized spacial score (nSPS) is 17.7. The van der Waals surface area contributed by atoms with E-state index in [1.807, 2.05) is 43.0 Å². The van der Waals surface area contributed by atoms with Crippen molar-refractivity contribution in [1.29, 1.82) is 0 Å². The third kappa shape index (κ3) is 4.18. The minimum absolute atomic E-state index is 0.0585. The van der Waals surface area contributed by atoms with Crippen LogP contribution in [0.5, 0.6) is 0 Å². The highest BCUT2D eigenvalue weighted by atomic mass is 35.5. The molecule has 3 amide bonds. The van der Waals surface area contributed by atoms with Gasteiger partial charge in [-0.25, -0.2) is 9.78 Å². The molecule has 30 heavy (non-hydrogen) atoms. The number of nitrogens with zero attached hydrogens (tertiary/aromatic N) is 2. The Labute approximate surface area is 186 Å². The van der Waals surface area contributed by atoms with E-state index in [9.17, 15) is 9.59 Å². The van der Waals surface area contributed by atoms with Crippen molar-refractivity contribution in [3.8, 4) is 0 Å².